The van der Waals surface area contributed by atoms with Crippen molar-refractivity contribution in [1.82, 2.24) is 0 Å². The molecule has 0 saturated heterocycles. The first-order chi connectivity index (χ1) is 36.2. The zero-order chi connectivity index (χ0) is 50.5. The molecule has 2 heteroatoms. The van der Waals surface area contributed by atoms with E-state index in [1.54, 1.807) is 0 Å². The summed E-state index contributed by atoms with van der Waals surface area (Å²) in [6.07, 6.45) is 0. The SMILES string of the molecule is Cc1c(-c2ccccc2)cc(-c2ccccc2)cc1N(c1ccccc1)c1cc(C(C)C)c2ccc3c(N(c4ccccc4)c4cc(-c5ccccc5)cc(-c5ccccc5)c4C)cc(C(C)C)c4ccc1c2c43. The summed E-state index contributed by atoms with van der Waals surface area (Å²) in [6.45, 7) is 14.0. The fourth-order valence-electron chi connectivity index (χ4n) is 11.6. The van der Waals surface area contributed by atoms with Crippen LogP contribution < -0.4 is 9.80 Å². The van der Waals surface area contributed by atoms with Gasteiger partial charge in [0.25, 0.3) is 0 Å². The summed E-state index contributed by atoms with van der Waals surface area (Å²) in [5.74, 6) is 0.495. The Morgan fingerprint density at radius 3 is 0.892 bits per heavy atom. The fraction of sp³-hybridized carbons (Fsp3) is 0.111. The molecule has 0 aromatic heterocycles. The second-order valence-corrected chi connectivity index (χ2v) is 20.5. The van der Waals surface area contributed by atoms with Gasteiger partial charge in [-0.15, -0.1) is 0 Å². The van der Waals surface area contributed by atoms with E-state index in [-0.39, 0.29) is 11.8 Å². The van der Waals surface area contributed by atoms with Crippen LogP contribution in [-0.4, -0.2) is 0 Å². The lowest BCUT2D eigenvalue weighted by Crippen LogP contribution is -2.15. The molecule has 0 radical (unpaired) electrons. The molecule has 0 atom stereocenters. The van der Waals surface area contributed by atoms with Crippen molar-refractivity contribution in [2.75, 3.05) is 9.80 Å². The normalized spacial score (nSPS) is 11.6. The largest absolute Gasteiger partial charge is 0.310 e. The summed E-state index contributed by atoms with van der Waals surface area (Å²) >= 11 is 0. The van der Waals surface area contributed by atoms with Crippen molar-refractivity contribution in [2.24, 2.45) is 0 Å². The van der Waals surface area contributed by atoms with Crippen LogP contribution in [0, 0.1) is 13.8 Å². The number of rotatable bonds is 12. The van der Waals surface area contributed by atoms with Gasteiger partial charge in [-0.2, -0.15) is 0 Å². The Morgan fingerprint density at radius 1 is 0.270 bits per heavy atom. The van der Waals surface area contributed by atoms with Crippen LogP contribution >= 0.6 is 0 Å². The van der Waals surface area contributed by atoms with E-state index in [1.165, 1.54) is 110 Å². The second-order valence-electron chi connectivity index (χ2n) is 20.5. The van der Waals surface area contributed by atoms with Gasteiger partial charge in [-0.05, 0) is 175 Å². The van der Waals surface area contributed by atoms with Gasteiger partial charge in [-0.3, -0.25) is 0 Å². The molecule has 0 aliphatic heterocycles. The van der Waals surface area contributed by atoms with E-state index < -0.39 is 0 Å². The van der Waals surface area contributed by atoms with Crippen LogP contribution in [0.4, 0.5) is 34.1 Å². The molecule has 0 N–H and O–H groups in total. The molecular formula is C72H60N2. The Bertz CT molecular complexity index is 3680. The fourth-order valence-corrected chi connectivity index (χ4v) is 11.6. The number of para-hydroxylation sites is 2. The van der Waals surface area contributed by atoms with E-state index in [9.17, 15) is 0 Å². The molecule has 74 heavy (non-hydrogen) atoms. The van der Waals surface area contributed by atoms with Crippen molar-refractivity contribution in [3.63, 3.8) is 0 Å². The van der Waals surface area contributed by atoms with E-state index >= 15 is 0 Å². The smallest absolute Gasteiger partial charge is 0.0543 e. The zero-order valence-corrected chi connectivity index (χ0v) is 43.1. The number of hydrogen-bond acceptors (Lipinski definition) is 2. The van der Waals surface area contributed by atoms with Crippen molar-refractivity contribution in [1.29, 1.82) is 0 Å². The van der Waals surface area contributed by atoms with Crippen LogP contribution in [0.2, 0.25) is 0 Å². The van der Waals surface area contributed by atoms with E-state index in [4.69, 9.17) is 0 Å². The van der Waals surface area contributed by atoms with Crippen LogP contribution in [0.3, 0.4) is 0 Å². The summed E-state index contributed by atoms with van der Waals surface area (Å²) in [5.41, 5.74) is 21.6. The lowest BCUT2D eigenvalue weighted by Gasteiger charge is -2.33. The maximum atomic E-state index is 2.55. The molecule has 0 unspecified atom stereocenters. The molecule has 2 nitrogen and oxygen atoms in total. The van der Waals surface area contributed by atoms with Crippen molar-refractivity contribution in [3.8, 4) is 44.5 Å². The Morgan fingerprint density at radius 2 is 0.568 bits per heavy atom. The third-order valence-electron chi connectivity index (χ3n) is 15.3. The van der Waals surface area contributed by atoms with Crippen LogP contribution in [0.1, 0.15) is 61.8 Å². The molecule has 0 aliphatic rings. The predicted octanol–water partition coefficient (Wildman–Crippen LogP) is 21.1. The average molecular weight is 953 g/mol. The molecule has 0 bridgehead atoms. The third-order valence-corrected chi connectivity index (χ3v) is 15.3. The quantitative estimate of drug-likeness (QED) is 0.113. The zero-order valence-electron chi connectivity index (χ0n) is 43.1. The van der Waals surface area contributed by atoms with Crippen molar-refractivity contribution < 1.29 is 0 Å². The monoisotopic (exact) mass is 952 g/mol. The van der Waals surface area contributed by atoms with E-state index in [2.05, 4.69) is 294 Å². The molecular weight excluding hydrogens is 893 g/mol. The minimum absolute atomic E-state index is 0.247. The van der Waals surface area contributed by atoms with Gasteiger partial charge in [0.2, 0.25) is 0 Å². The van der Waals surface area contributed by atoms with Gasteiger partial charge in [0.15, 0.2) is 0 Å². The molecule has 0 spiro atoms. The Kier molecular flexibility index (Phi) is 12.1. The summed E-state index contributed by atoms with van der Waals surface area (Å²) in [6, 6.07) is 89.8. The predicted molar refractivity (Wildman–Crippen MR) is 319 cm³/mol. The molecule has 12 rings (SSSR count). The average Bonchev–Trinajstić information content (AvgIpc) is 3.46. The lowest BCUT2D eigenvalue weighted by atomic mass is 9.83. The van der Waals surface area contributed by atoms with Gasteiger partial charge >= 0.3 is 0 Å². The molecule has 0 aliphatic carbocycles. The second kappa shape index (κ2) is 19.4. The first-order valence-electron chi connectivity index (χ1n) is 26.2. The van der Waals surface area contributed by atoms with Gasteiger partial charge in [0.1, 0.15) is 0 Å². The highest BCUT2D eigenvalue weighted by Crippen LogP contribution is 2.53. The Hall–Kier alpha value is -8.72. The van der Waals surface area contributed by atoms with Crippen LogP contribution in [0.5, 0.6) is 0 Å². The number of benzene rings is 12. The molecule has 0 heterocycles. The molecule has 358 valence electrons. The summed E-state index contributed by atoms with van der Waals surface area (Å²) in [4.78, 5) is 5.10. The molecule has 0 saturated carbocycles. The summed E-state index contributed by atoms with van der Waals surface area (Å²) < 4.78 is 0. The number of anilines is 6. The van der Waals surface area contributed by atoms with Crippen LogP contribution in [0.15, 0.2) is 243 Å². The Balaban J connectivity index is 1.19. The summed E-state index contributed by atoms with van der Waals surface area (Å²) in [7, 11) is 0. The van der Waals surface area contributed by atoms with Crippen LogP contribution in [0.25, 0.3) is 76.8 Å². The lowest BCUT2D eigenvalue weighted by molar-refractivity contribution is 0.875. The maximum absolute atomic E-state index is 2.55. The molecule has 0 fully saturated rings. The number of hydrogen-bond donors (Lipinski definition) is 0. The first-order valence-corrected chi connectivity index (χ1v) is 26.2. The van der Waals surface area contributed by atoms with Crippen molar-refractivity contribution in [2.45, 2.75) is 53.4 Å². The van der Waals surface area contributed by atoms with Gasteiger partial charge in [-0.25, -0.2) is 0 Å². The summed E-state index contributed by atoms with van der Waals surface area (Å²) in [5, 5.41) is 7.66. The minimum Gasteiger partial charge on any atom is -0.310 e. The maximum Gasteiger partial charge on any atom is 0.0543 e. The van der Waals surface area contributed by atoms with Crippen LogP contribution in [-0.2, 0) is 0 Å². The highest BCUT2D eigenvalue weighted by atomic mass is 15.2. The minimum atomic E-state index is 0.247. The first kappa shape index (κ1) is 46.4. The third kappa shape index (κ3) is 8.17. The van der Waals surface area contributed by atoms with E-state index in [0.717, 1.165) is 22.7 Å². The van der Waals surface area contributed by atoms with Crippen molar-refractivity contribution >= 4 is 66.4 Å². The van der Waals surface area contributed by atoms with Gasteiger partial charge in [0, 0.05) is 22.1 Å². The van der Waals surface area contributed by atoms with E-state index in [0.29, 0.717) is 0 Å². The van der Waals surface area contributed by atoms with Gasteiger partial charge in [0.05, 0.1) is 22.7 Å². The molecule has 12 aromatic carbocycles. The topological polar surface area (TPSA) is 6.48 Å². The highest BCUT2D eigenvalue weighted by Gasteiger charge is 2.28. The highest BCUT2D eigenvalue weighted by molar-refractivity contribution is 6.29. The Labute approximate surface area is 436 Å². The van der Waals surface area contributed by atoms with E-state index in [1.807, 2.05) is 0 Å². The molecule has 12 aromatic rings. The standard InChI is InChI=1S/C72H60N2/c1-47(2)63-45-69(73(57-33-21-11-22-34-57)67-43-55(51-25-13-7-14-26-51)41-65(49(67)5)53-29-17-9-18-30-53)61-40-38-60-64(48(3)4)46-70(62-39-37-59(63)71(61)72(60)62)74(58-35-23-12-24-36-58)68-44-56(52-27-15-8-16-28-52)42-66(50(68)6)54-31-19-10-20-32-54/h7-48H,1-6H3. The molecule has 0 amide bonds. The van der Waals surface area contributed by atoms with Gasteiger partial charge < -0.3 is 9.80 Å². The number of nitrogens with zero attached hydrogens (tertiary/aromatic N) is 2. The van der Waals surface area contributed by atoms with Crippen molar-refractivity contribution in [3.05, 3.63) is 265 Å². The van der Waals surface area contributed by atoms with Gasteiger partial charge in [-0.1, -0.05) is 210 Å².